The summed E-state index contributed by atoms with van der Waals surface area (Å²) in [5, 5.41) is 10.3. The van der Waals surface area contributed by atoms with Crippen molar-refractivity contribution in [1.82, 2.24) is 5.32 Å². The molecule has 8 heteroatoms. The Balaban J connectivity index is 4.26. The Morgan fingerprint density at radius 1 is 1.54 bits per heavy atom. The van der Waals surface area contributed by atoms with Gasteiger partial charge >= 0.3 is 12.1 Å². The van der Waals surface area contributed by atoms with Crippen LogP contribution in [0.25, 0.3) is 0 Å². The SMILES string of the molecule is COC(=O)N[C@@H](C[SH](=O)=O)C(=O)O. The highest BCUT2D eigenvalue weighted by atomic mass is 32.2. The lowest BCUT2D eigenvalue weighted by atomic mass is 10.3. The Hall–Kier alpha value is -1.31. The second-order valence-electron chi connectivity index (χ2n) is 2.04. The van der Waals surface area contributed by atoms with Gasteiger partial charge < -0.3 is 15.2 Å². The van der Waals surface area contributed by atoms with Crippen molar-refractivity contribution in [3.8, 4) is 0 Å². The lowest BCUT2D eigenvalue weighted by Gasteiger charge is -2.09. The number of carboxylic acid groups (broad SMARTS) is 1. The smallest absolute Gasteiger partial charge is 0.407 e. The molecule has 0 rings (SSSR count). The van der Waals surface area contributed by atoms with E-state index in [4.69, 9.17) is 5.11 Å². The molecular weight excluding hydrogens is 202 g/mol. The number of alkyl carbamates (subject to hydrolysis) is 1. The molecular formula is C5H9NO6S. The van der Waals surface area contributed by atoms with E-state index in [9.17, 15) is 18.0 Å². The summed E-state index contributed by atoms with van der Waals surface area (Å²) in [5.41, 5.74) is 0. The molecule has 0 saturated heterocycles. The molecule has 0 aromatic rings. The molecule has 1 atom stereocenters. The fourth-order valence-electron chi connectivity index (χ4n) is 0.536. The van der Waals surface area contributed by atoms with Crippen molar-refractivity contribution in [1.29, 1.82) is 0 Å². The minimum atomic E-state index is -2.86. The fourth-order valence-corrected chi connectivity index (χ4v) is 1.08. The number of rotatable bonds is 4. The molecule has 1 amide bonds. The van der Waals surface area contributed by atoms with Crippen molar-refractivity contribution in [2.75, 3.05) is 12.9 Å². The third-order valence-corrected chi connectivity index (χ3v) is 1.77. The quantitative estimate of drug-likeness (QED) is 0.483. The highest BCUT2D eigenvalue weighted by Crippen LogP contribution is 1.86. The molecule has 0 saturated carbocycles. The lowest BCUT2D eigenvalue weighted by molar-refractivity contribution is -0.138. The number of hydrogen-bond acceptors (Lipinski definition) is 5. The number of amides is 1. The Bertz CT molecular complexity index is 264. The van der Waals surface area contributed by atoms with E-state index in [1.165, 1.54) is 0 Å². The van der Waals surface area contributed by atoms with Crippen molar-refractivity contribution in [3.05, 3.63) is 0 Å². The third kappa shape index (κ3) is 5.01. The topological polar surface area (TPSA) is 110 Å². The molecule has 0 spiro atoms. The predicted octanol–water partition coefficient (Wildman–Crippen LogP) is -1.59. The maximum atomic E-state index is 10.5. The number of hydrogen-bond donors (Lipinski definition) is 3. The van der Waals surface area contributed by atoms with E-state index in [-0.39, 0.29) is 0 Å². The van der Waals surface area contributed by atoms with Crippen molar-refractivity contribution in [2.45, 2.75) is 6.04 Å². The van der Waals surface area contributed by atoms with Crippen LogP contribution in [0, 0.1) is 0 Å². The van der Waals surface area contributed by atoms with Gasteiger partial charge in [0.15, 0.2) is 0 Å². The minimum Gasteiger partial charge on any atom is -0.480 e. The van der Waals surface area contributed by atoms with Gasteiger partial charge in [0.2, 0.25) is 0 Å². The zero-order valence-electron chi connectivity index (χ0n) is 6.72. The van der Waals surface area contributed by atoms with Crippen LogP contribution < -0.4 is 5.32 Å². The van der Waals surface area contributed by atoms with Gasteiger partial charge in [-0.3, -0.25) is 0 Å². The molecule has 0 unspecified atom stereocenters. The highest BCUT2D eigenvalue weighted by Gasteiger charge is 2.20. The van der Waals surface area contributed by atoms with E-state index < -0.39 is 34.6 Å². The number of ether oxygens (including phenoxy) is 1. The largest absolute Gasteiger partial charge is 0.480 e. The van der Waals surface area contributed by atoms with E-state index in [1.807, 2.05) is 5.32 Å². The summed E-state index contributed by atoms with van der Waals surface area (Å²) in [5.74, 6) is -2.08. The standard InChI is InChI=1S/C5H9NO6S/c1-12-5(9)6-3(4(7)8)2-13(10)11/h3,13H,2H2,1H3,(H,6,9)(H,7,8)/t3-/m0/s1. The van der Waals surface area contributed by atoms with Gasteiger partial charge in [-0.05, 0) is 0 Å². The van der Waals surface area contributed by atoms with E-state index in [1.54, 1.807) is 0 Å². The lowest BCUT2D eigenvalue weighted by Crippen LogP contribution is -2.43. The van der Waals surface area contributed by atoms with Crippen LogP contribution in [0.3, 0.4) is 0 Å². The Labute approximate surface area is 75.6 Å². The van der Waals surface area contributed by atoms with Crippen LogP contribution in [0.4, 0.5) is 4.79 Å². The van der Waals surface area contributed by atoms with Gasteiger partial charge in [0.1, 0.15) is 16.7 Å². The fraction of sp³-hybridized carbons (Fsp3) is 0.600. The van der Waals surface area contributed by atoms with Gasteiger partial charge in [-0.15, -0.1) is 0 Å². The Kier molecular flexibility index (Phi) is 4.82. The third-order valence-electron chi connectivity index (χ3n) is 1.11. The number of carbonyl (C=O) groups excluding carboxylic acids is 1. The van der Waals surface area contributed by atoms with Crippen molar-refractivity contribution in [2.24, 2.45) is 0 Å². The summed E-state index contributed by atoms with van der Waals surface area (Å²) in [6.45, 7) is 0. The van der Waals surface area contributed by atoms with Gasteiger partial charge in [0, 0.05) is 0 Å². The highest BCUT2D eigenvalue weighted by molar-refractivity contribution is 7.72. The molecule has 2 N–H and O–H groups in total. The van der Waals surface area contributed by atoms with Crippen molar-refractivity contribution < 1.29 is 27.9 Å². The second kappa shape index (κ2) is 5.36. The minimum absolute atomic E-state index is 0.653. The van der Waals surface area contributed by atoms with Crippen LogP contribution >= 0.6 is 0 Å². The van der Waals surface area contributed by atoms with Gasteiger partial charge in [0.05, 0.1) is 12.9 Å². The van der Waals surface area contributed by atoms with E-state index >= 15 is 0 Å². The molecule has 0 heterocycles. The van der Waals surface area contributed by atoms with Crippen LogP contribution in [-0.4, -0.2) is 44.5 Å². The summed E-state index contributed by atoms with van der Waals surface area (Å²) >= 11 is 0. The zero-order valence-corrected chi connectivity index (χ0v) is 7.61. The van der Waals surface area contributed by atoms with Gasteiger partial charge in [-0.25, -0.2) is 18.0 Å². The molecule has 76 valence electrons. The average molecular weight is 211 g/mol. The Morgan fingerprint density at radius 3 is 2.38 bits per heavy atom. The Morgan fingerprint density at radius 2 is 2.08 bits per heavy atom. The number of carbonyl (C=O) groups is 2. The van der Waals surface area contributed by atoms with Crippen LogP contribution in [0.1, 0.15) is 0 Å². The number of aliphatic carboxylic acids is 1. The van der Waals surface area contributed by atoms with Crippen LogP contribution in [0.5, 0.6) is 0 Å². The zero-order chi connectivity index (χ0) is 10.4. The van der Waals surface area contributed by atoms with Gasteiger partial charge in [-0.1, -0.05) is 0 Å². The normalized spacial score (nSPS) is 12.2. The van der Waals surface area contributed by atoms with E-state index in [0.29, 0.717) is 0 Å². The first-order chi connectivity index (χ1) is 5.97. The molecule has 7 nitrogen and oxygen atoms in total. The van der Waals surface area contributed by atoms with E-state index in [2.05, 4.69) is 4.74 Å². The maximum absolute atomic E-state index is 10.5. The van der Waals surface area contributed by atoms with Gasteiger partial charge in [-0.2, -0.15) is 0 Å². The number of thiol groups is 1. The summed E-state index contributed by atoms with van der Waals surface area (Å²) in [7, 11) is -1.81. The van der Waals surface area contributed by atoms with Crippen LogP contribution in [-0.2, 0) is 20.2 Å². The first-order valence-corrected chi connectivity index (χ1v) is 4.52. The molecule has 0 aliphatic heterocycles. The summed E-state index contributed by atoms with van der Waals surface area (Å²) in [6.07, 6.45) is -0.982. The van der Waals surface area contributed by atoms with Crippen LogP contribution in [0.15, 0.2) is 0 Å². The molecule has 0 aliphatic rings. The summed E-state index contributed by atoms with van der Waals surface area (Å²) in [6, 6.07) is -1.46. The second-order valence-corrected chi connectivity index (χ2v) is 3.07. The summed E-state index contributed by atoms with van der Waals surface area (Å²) in [4.78, 5) is 20.9. The number of carboxylic acids is 1. The first-order valence-electron chi connectivity index (χ1n) is 3.16. The molecule has 0 aromatic carbocycles. The summed E-state index contributed by atoms with van der Waals surface area (Å²) < 4.78 is 24.4. The molecule has 0 bridgehead atoms. The number of nitrogens with one attached hydrogen (secondary N) is 1. The predicted molar refractivity (Wildman–Crippen MR) is 42.1 cm³/mol. The monoisotopic (exact) mass is 211 g/mol. The molecule has 0 aromatic heterocycles. The van der Waals surface area contributed by atoms with Crippen LogP contribution in [0.2, 0.25) is 0 Å². The molecule has 13 heavy (non-hydrogen) atoms. The molecule has 0 aliphatic carbocycles. The molecule has 0 fully saturated rings. The number of methoxy groups -OCH3 is 1. The van der Waals surface area contributed by atoms with Gasteiger partial charge in [0.25, 0.3) is 0 Å². The first kappa shape index (κ1) is 11.7. The van der Waals surface area contributed by atoms with Crippen molar-refractivity contribution in [3.63, 3.8) is 0 Å². The maximum Gasteiger partial charge on any atom is 0.407 e. The van der Waals surface area contributed by atoms with Crippen molar-refractivity contribution >= 4 is 22.8 Å². The molecule has 0 radical (unpaired) electrons. The average Bonchev–Trinajstić information content (AvgIpc) is 2.02. The van der Waals surface area contributed by atoms with E-state index in [0.717, 1.165) is 7.11 Å².